The Morgan fingerprint density at radius 3 is 2.58 bits per heavy atom. The second kappa shape index (κ2) is 8.86. The average molecular weight is 463 g/mol. The van der Waals surface area contributed by atoms with E-state index in [9.17, 15) is 14.4 Å². The highest BCUT2D eigenvalue weighted by Gasteiger charge is 2.26. The van der Waals surface area contributed by atoms with Crippen LogP contribution in [-0.4, -0.2) is 34.6 Å². The van der Waals surface area contributed by atoms with Gasteiger partial charge in [-0.25, -0.2) is 9.48 Å². The van der Waals surface area contributed by atoms with Gasteiger partial charge in [0, 0.05) is 12.1 Å². The molecule has 1 aromatic carbocycles. The second-order valence-electron chi connectivity index (χ2n) is 5.87. The number of carbonyl (C=O) groups is 2. The maximum absolute atomic E-state index is 12.2. The lowest BCUT2D eigenvalue weighted by molar-refractivity contribution is -0.141. The number of ether oxygens (including phenoxy) is 2. The lowest BCUT2D eigenvalue weighted by Crippen LogP contribution is -2.42. The van der Waals surface area contributed by atoms with E-state index in [4.69, 9.17) is 33.2 Å². The summed E-state index contributed by atoms with van der Waals surface area (Å²) < 4.78 is 10.9. The fraction of sp³-hybridized carbons (Fsp3) is 0.111. The zero-order valence-corrected chi connectivity index (χ0v) is 17.3. The highest BCUT2D eigenvalue weighted by atomic mass is 35.5. The molecule has 158 valence electrons. The lowest BCUT2D eigenvalue weighted by atomic mass is 10.2. The molecule has 0 fully saturated rings. The topological polar surface area (TPSA) is 139 Å². The Kier molecular flexibility index (Phi) is 6.24. The van der Waals surface area contributed by atoms with E-state index in [-0.39, 0.29) is 38.8 Å². The number of rotatable bonds is 5. The van der Waals surface area contributed by atoms with E-state index in [1.54, 1.807) is 0 Å². The van der Waals surface area contributed by atoms with Crippen LogP contribution in [0.2, 0.25) is 10.0 Å². The molecule has 31 heavy (non-hydrogen) atoms. The SMILES string of the molecule is C=C1NC(=O)N(c2cc(Cl)c(Oc3ccc(=O)n(CC(=O)OC)n3)c(Cl)c2)N=C1C#N. The van der Waals surface area contributed by atoms with Gasteiger partial charge in [-0.1, -0.05) is 29.8 Å². The van der Waals surface area contributed by atoms with Gasteiger partial charge in [0.25, 0.3) is 5.56 Å². The molecule has 0 spiro atoms. The number of carbonyl (C=O) groups excluding carboxylic acids is 2. The number of aromatic nitrogens is 2. The number of hydrogen-bond donors (Lipinski definition) is 1. The number of nitrogens with one attached hydrogen (secondary N) is 1. The predicted octanol–water partition coefficient (Wildman–Crippen LogP) is 2.44. The van der Waals surface area contributed by atoms with E-state index in [2.05, 4.69) is 26.8 Å². The molecule has 1 aliphatic rings. The number of urea groups is 1. The van der Waals surface area contributed by atoms with E-state index < -0.39 is 24.1 Å². The standard InChI is InChI=1S/C18H12Cl2N6O5/c1-9-13(7-21)23-26(18(29)22-9)10-5-11(19)17(12(20)6-10)31-14-3-4-15(27)25(24-14)8-16(28)30-2/h3-6H,1,8H2,2H3,(H,22,29). The molecule has 13 heteroatoms. The van der Waals surface area contributed by atoms with Crippen LogP contribution in [0.1, 0.15) is 0 Å². The molecular weight excluding hydrogens is 451 g/mol. The third kappa shape index (κ3) is 4.66. The molecule has 1 N–H and O–H groups in total. The third-order valence-electron chi connectivity index (χ3n) is 3.82. The zero-order chi connectivity index (χ0) is 22.7. The molecule has 0 saturated carbocycles. The number of allylic oxidation sites excluding steroid dienone is 1. The molecule has 0 atom stereocenters. The first-order chi connectivity index (χ1) is 14.7. The summed E-state index contributed by atoms with van der Waals surface area (Å²) in [5.41, 5.74) is -0.420. The van der Waals surface area contributed by atoms with Crippen LogP contribution >= 0.6 is 23.2 Å². The molecule has 11 nitrogen and oxygen atoms in total. The average Bonchev–Trinajstić information content (AvgIpc) is 2.72. The van der Waals surface area contributed by atoms with Crippen molar-refractivity contribution in [1.29, 1.82) is 5.26 Å². The molecule has 3 rings (SSSR count). The van der Waals surface area contributed by atoms with Crippen molar-refractivity contribution < 1.29 is 19.1 Å². The van der Waals surface area contributed by atoms with E-state index in [0.29, 0.717) is 0 Å². The Morgan fingerprint density at radius 2 is 1.97 bits per heavy atom. The fourth-order valence-corrected chi connectivity index (χ4v) is 2.92. The molecule has 2 aromatic rings. The monoisotopic (exact) mass is 462 g/mol. The molecule has 1 aromatic heterocycles. The van der Waals surface area contributed by atoms with Crippen molar-refractivity contribution in [1.82, 2.24) is 15.1 Å². The molecule has 0 saturated heterocycles. The van der Waals surface area contributed by atoms with E-state index >= 15 is 0 Å². The van der Waals surface area contributed by atoms with Crippen molar-refractivity contribution in [2.75, 3.05) is 12.1 Å². The molecule has 2 amide bonds. The number of nitrogens with zero attached hydrogens (tertiary/aromatic N) is 5. The number of hydrazone groups is 1. The molecule has 0 bridgehead atoms. The van der Waals surface area contributed by atoms with Gasteiger partial charge in [-0.2, -0.15) is 15.4 Å². The highest BCUT2D eigenvalue weighted by Crippen LogP contribution is 2.39. The van der Waals surface area contributed by atoms with Crippen molar-refractivity contribution in [3.05, 3.63) is 56.9 Å². The Labute approximate surface area is 184 Å². The number of halogens is 2. The molecule has 0 aliphatic carbocycles. The number of esters is 1. The van der Waals surface area contributed by atoms with Gasteiger partial charge in [0.05, 0.1) is 28.5 Å². The second-order valence-corrected chi connectivity index (χ2v) is 6.68. The number of amides is 2. The lowest BCUT2D eigenvalue weighted by Gasteiger charge is -2.24. The highest BCUT2D eigenvalue weighted by molar-refractivity contribution is 6.37. The minimum atomic E-state index is -0.674. The smallest absolute Gasteiger partial charge is 0.347 e. The van der Waals surface area contributed by atoms with Crippen molar-refractivity contribution in [2.24, 2.45) is 5.10 Å². The molecule has 0 unspecified atom stereocenters. The summed E-state index contributed by atoms with van der Waals surface area (Å²) in [6.45, 7) is 3.12. The van der Waals surface area contributed by atoms with Crippen LogP contribution in [0.15, 0.2) is 46.4 Å². The number of hydrogen-bond acceptors (Lipinski definition) is 8. The quantitative estimate of drug-likeness (QED) is 0.672. The summed E-state index contributed by atoms with van der Waals surface area (Å²) in [5, 5.41) is 20.2. The zero-order valence-electron chi connectivity index (χ0n) is 15.8. The fourth-order valence-electron chi connectivity index (χ4n) is 2.37. The van der Waals surface area contributed by atoms with Gasteiger partial charge in [-0.3, -0.25) is 9.59 Å². The van der Waals surface area contributed by atoms with Crippen LogP contribution in [0.3, 0.4) is 0 Å². The van der Waals surface area contributed by atoms with Gasteiger partial charge in [-0.05, 0) is 12.1 Å². The predicted molar refractivity (Wildman–Crippen MR) is 110 cm³/mol. The van der Waals surface area contributed by atoms with Crippen molar-refractivity contribution >= 4 is 46.6 Å². The van der Waals surface area contributed by atoms with E-state index in [1.165, 1.54) is 25.3 Å². The van der Waals surface area contributed by atoms with Crippen LogP contribution < -0.4 is 20.6 Å². The van der Waals surface area contributed by atoms with Crippen LogP contribution in [0.5, 0.6) is 11.6 Å². The summed E-state index contributed by atoms with van der Waals surface area (Å²) >= 11 is 12.5. The first-order valence-electron chi connectivity index (χ1n) is 8.34. The molecule has 1 aliphatic heterocycles. The van der Waals surface area contributed by atoms with Crippen LogP contribution in [0, 0.1) is 11.3 Å². The number of methoxy groups -OCH3 is 1. The van der Waals surface area contributed by atoms with Gasteiger partial charge in [0.1, 0.15) is 12.6 Å². The minimum absolute atomic E-state index is 0.0130. The first kappa shape index (κ1) is 21.8. The van der Waals surface area contributed by atoms with Gasteiger partial charge in [0.2, 0.25) is 5.88 Å². The normalized spacial score (nSPS) is 13.2. The van der Waals surface area contributed by atoms with Crippen molar-refractivity contribution in [2.45, 2.75) is 6.54 Å². The van der Waals surface area contributed by atoms with Crippen LogP contribution in [0.4, 0.5) is 10.5 Å². The maximum atomic E-state index is 12.2. The minimum Gasteiger partial charge on any atom is -0.468 e. The van der Waals surface area contributed by atoms with E-state index in [0.717, 1.165) is 15.8 Å². The van der Waals surface area contributed by atoms with Gasteiger partial charge in [-0.15, -0.1) is 5.10 Å². The van der Waals surface area contributed by atoms with Gasteiger partial charge < -0.3 is 14.8 Å². The number of benzene rings is 1. The van der Waals surface area contributed by atoms with Gasteiger partial charge in [0.15, 0.2) is 11.5 Å². The molecule has 2 heterocycles. The summed E-state index contributed by atoms with van der Waals surface area (Å²) in [4.78, 5) is 35.4. The van der Waals surface area contributed by atoms with Crippen molar-refractivity contribution in [3.8, 4) is 17.7 Å². The van der Waals surface area contributed by atoms with Crippen LogP contribution in [0.25, 0.3) is 0 Å². The first-order valence-corrected chi connectivity index (χ1v) is 9.10. The Hall–Kier alpha value is -3.88. The molecule has 0 radical (unpaired) electrons. The van der Waals surface area contributed by atoms with Crippen molar-refractivity contribution in [3.63, 3.8) is 0 Å². The molecular formula is C18H12Cl2N6O5. The Bertz CT molecular complexity index is 1210. The Balaban J connectivity index is 1.93. The third-order valence-corrected chi connectivity index (χ3v) is 4.39. The summed E-state index contributed by atoms with van der Waals surface area (Å²) in [6, 6.07) is 6.22. The van der Waals surface area contributed by atoms with Gasteiger partial charge >= 0.3 is 12.0 Å². The van der Waals surface area contributed by atoms with Crippen LogP contribution in [-0.2, 0) is 16.1 Å². The summed E-state index contributed by atoms with van der Waals surface area (Å²) in [5.74, 6) is -0.766. The summed E-state index contributed by atoms with van der Waals surface area (Å²) in [6.07, 6.45) is 0. The number of nitriles is 1. The maximum Gasteiger partial charge on any atom is 0.347 e. The largest absolute Gasteiger partial charge is 0.468 e. The Morgan fingerprint density at radius 1 is 1.29 bits per heavy atom. The number of anilines is 1. The van der Waals surface area contributed by atoms with E-state index in [1.807, 2.05) is 6.07 Å². The summed E-state index contributed by atoms with van der Waals surface area (Å²) in [7, 11) is 1.18.